The molecule has 0 aliphatic carbocycles. The number of pyridine rings is 1. The van der Waals surface area contributed by atoms with Crippen LogP contribution in [0.5, 0.6) is 5.88 Å². The number of halogens is 2. The highest BCUT2D eigenvalue weighted by Gasteiger charge is 2.30. The topological polar surface area (TPSA) is 106 Å². The first kappa shape index (κ1) is 21.4. The number of rotatable bonds is 6. The van der Waals surface area contributed by atoms with Crippen LogP contribution in [0.15, 0.2) is 29.2 Å². The van der Waals surface area contributed by atoms with Crippen molar-refractivity contribution in [2.24, 2.45) is 0 Å². The summed E-state index contributed by atoms with van der Waals surface area (Å²) in [4.78, 5) is 4.24. The number of nitrogens with one attached hydrogen (secondary N) is 2. The SMILES string of the molecule is Cc1[nH]nc(Nc2cc(OC(F)F)nc3ccc(S(=O)(=O)C4CCOCC4)cc23)c1C. The molecule has 2 aromatic heterocycles. The number of nitrogens with zero attached hydrogens (tertiary/aromatic N) is 2. The summed E-state index contributed by atoms with van der Waals surface area (Å²) >= 11 is 0. The lowest BCUT2D eigenvalue weighted by atomic mass is 10.1. The van der Waals surface area contributed by atoms with Gasteiger partial charge in [-0.25, -0.2) is 13.4 Å². The van der Waals surface area contributed by atoms with E-state index >= 15 is 0 Å². The lowest BCUT2D eigenvalue weighted by Crippen LogP contribution is -2.28. The Balaban J connectivity index is 1.81. The lowest BCUT2D eigenvalue weighted by Gasteiger charge is -2.22. The number of alkyl halides is 2. The fourth-order valence-electron chi connectivity index (χ4n) is 3.53. The molecule has 0 spiro atoms. The van der Waals surface area contributed by atoms with Crippen molar-refractivity contribution in [3.63, 3.8) is 0 Å². The van der Waals surface area contributed by atoms with Gasteiger partial charge in [-0.3, -0.25) is 5.10 Å². The van der Waals surface area contributed by atoms with Gasteiger partial charge in [0.1, 0.15) is 0 Å². The van der Waals surface area contributed by atoms with Crippen LogP contribution in [0.2, 0.25) is 0 Å². The smallest absolute Gasteiger partial charge is 0.388 e. The molecule has 8 nitrogen and oxygen atoms in total. The summed E-state index contributed by atoms with van der Waals surface area (Å²) in [6.07, 6.45) is 0.854. The number of sulfone groups is 1. The molecule has 0 saturated carbocycles. The van der Waals surface area contributed by atoms with E-state index in [0.29, 0.717) is 48.5 Å². The number of ether oxygens (including phenoxy) is 2. The number of anilines is 2. The van der Waals surface area contributed by atoms with Gasteiger partial charge in [0.2, 0.25) is 5.88 Å². The number of hydrogen-bond acceptors (Lipinski definition) is 7. The Morgan fingerprint density at radius 2 is 1.97 bits per heavy atom. The molecule has 1 aromatic carbocycles. The molecule has 166 valence electrons. The van der Waals surface area contributed by atoms with E-state index in [-0.39, 0.29) is 10.8 Å². The summed E-state index contributed by atoms with van der Waals surface area (Å²) in [6.45, 7) is 1.46. The standard InChI is InChI=1S/C20H22F2N4O4S/c1-11-12(2)25-26-19(11)24-17-10-18(30-20(21)22)23-16-4-3-14(9-15(16)17)31(27,28)13-5-7-29-8-6-13/h3-4,9-10,13,20H,5-8H2,1-2H3,(H2,23,24,25,26). The maximum absolute atomic E-state index is 13.1. The van der Waals surface area contributed by atoms with Gasteiger partial charge in [0.25, 0.3) is 0 Å². The first-order chi connectivity index (χ1) is 14.8. The molecule has 1 saturated heterocycles. The van der Waals surface area contributed by atoms with Gasteiger partial charge in [-0.1, -0.05) is 0 Å². The molecule has 0 unspecified atom stereocenters. The van der Waals surface area contributed by atoms with Crippen LogP contribution in [-0.2, 0) is 14.6 Å². The van der Waals surface area contributed by atoms with Crippen molar-refractivity contribution in [3.05, 3.63) is 35.5 Å². The van der Waals surface area contributed by atoms with Gasteiger partial charge in [0.05, 0.1) is 21.3 Å². The summed E-state index contributed by atoms with van der Waals surface area (Å²) in [7, 11) is -3.58. The molecule has 4 rings (SSSR count). The predicted molar refractivity (Wildman–Crippen MR) is 111 cm³/mol. The van der Waals surface area contributed by atoms with E-state index in [2.05, 4.69) is 25.2 Å². The van der Waals surface area contributed by atoms with Gasteiger partial charge in [-0.2, -0.15) is 13.9 Å². The number of aromatic amines is 1. The van der Waals surface area contributed by atoms with Crippen LogP contribution in [0.3, 0.4) is 0 Å². The first-order valence-corrected chi connectivity index (χ1v) is 11.3. The van der Waals surface area contributed by atoms with Crippen LogP contribution >= 0.6 is 0 Å². The van der Waals surface area contributed by atoms with Crippen LogP contribution in [0, 0.1) is 13.8 Å². The summed E-state index contributed by atoms with van der Waals surface area (Å²) in [5, 5.41) is 10.0. The summed E-state index contributed by atoms with van der Waals surface area (Å²) in [6, 6.07) is 5.76. The molecule has 3 aromatic rings. The fourth-order valence-corrected chi connectivity index (χ4v) is 5.26. The zero-order valence-corrected chi connectivity index (χ0v) is 17.8. The third-order valence-corrected chi connectivity index (χ3v) is 7.67. The second kappa shape index (κ2) is 8.39. The number of aryl methyl sites for hydroxylation is 1. The molecule has 0 atom stereocenters. The highest BCUT2D eigenvalue weighted by Crippen LogP contribution is 2.33. The molecule has 1 aliphatic rings. The maximum atomic E-state index is 13.1. The normalized spacial score (nSPS) is 15.5. The molecule has 3 heterocycles. The van der Waals surface area contributed by atoms with E-state index in [1.165, 1.54) is 24.3 Å². The zero-order valence-electron chi connectivity index (χ0n) is 17.0. The minimum atomic E-state index is -3.58. The molecule has 0 amide bonds. The van der Waals surface area contributed by atoms with Crippen LogP contribution in [0.1, 0.15) is 24.1 Å². The lowest BCUT2D eigenvalue weighted by molar-refractivity contribution is -0.0525. The van der Waals surface area contributed by atoms with Crippen molar-refractivity contribution in [1.29, 1.82) is 0 Å². The Labute approximate surface area is 177 Å². The second-order valence-electron chi connectivity index (χ2n) is 7.37. The number of benzene rings is 1. The van der Waals surface area contributed by atoms with Gasteiger partial charge in [0.15, 0.2) is 15.7 Å². The first-order valence-electron chi connectivity index (χ1n) is 9.75. The molecular formula is C20H22F2N4O4S. The number of aromatic nitrogens is 3. The molecule has 11 heteroatoms. The third kappa shape index (κ3) is 4.33. The van der Waals surface area contributed by atoms with E-state index in [1.807, 2.05) is 13.8 Å². The second-order valence-corrected chi connectivity index (χ2v) is 9.60. The van der Waals surface area contributed by atoms with Crippen LogP contribution < -0.4 is 10.1 Å². The Morgan fingerprint density at radius 1 is 1.23 bits per heavy atom. The zero-order chi connectivity index (χ0) is 22.2. The highest BCUT2D eigenvalue weighted by molar-refractivity contribution is 7.92. The quantitative estimate of drug-likeness (QED) is 0.585. The van der Waals surface area contributed by atoms with Crippen LogP contribution in [-0.4, -0.2) is 48.7 Å². The maximum Gasteiger partial charge on any atom is 0.388 e. The number of hydrogen-bond donors (Lipinski definition) is 2. The van der Waals surface area contributed by atoms with Gasteiger partial charge >= 0.3 is 6.61 Å². The van der Waals surface area contributed by atoms with Crippen molar-refractivity contribution < 1.29 is 26.7 Å². The molecule has 0 radical (unpaired) electrons. The summed E-state index contributed by atoms with van der Waals surface area (Å²) in [5.74, 6) is 0.209. The monoisotopic (exact) mass is 452 g/mol. The Bertz CT molecular complexity index is 1210. The fraction of sp³-hybridized carbons (Fsp3) is 0.400. The highest BCUT2D eigenvalue weighted by atomic mass is 32.2. The van der Waals surface area contributed by atoms with Crippen molar-refractivity contribution in [1.82, 2.24) is 15.2 Å². The van der Waals surface area contributed by atoms with E-state index in [1.54, 1.807) is 0 Å². The van der Waals surface area contributed by atoms with Crippen molar-refractivity contribution in [2.75, 3.05) is 18.5 Å². The van der Waals surface area contributed by atoms with E-state index in [9.17, 15) is 17.2 Å². The summed E-state index contributed by atoms with van der Waals surface area (Å²) in [5.41, 5.74) is 2.36. The van der Waals surface area contributed by atoms with E-state index in [0.717, 1.165) is 11.3 Å². The Morgan fingerprint density at radius 3 is 2.61 bits per heavy atom. The Kier molecular flexibility index (Phi) is 5.80. The molecule has 2 N–H and O–H groups in total. The van der Waals surface area contributed by atoms with Crippen molar-refractivity contribution in [3.8, 4) is 5.88 Å². The number of H-pyrrole nitrogens is 1. The molecule has 1 aliphatic heterocycles. The summed E-state index contributed by atoms with van der Waals surface area (Å²) < 4.78 is 61.6. The largest absolute Gasteiger partial charge is 0.417 e. The molecular weight excluding hydrogens is 430 g/mol. The van der Waals surface area contributed by atoms with Gasteiger partial charge in [0, 0.05) is 35.9 Å². The van der Waals surface area contributed by atoms with Crippen LogP contribution in [0.25, 0.3) is 10.9 Å². The predicted octanol–water partition coefficient (Wildman–Crippen LogP) is 3.87. The average molecular weight is 452 g/mol. The van der Waals surface area contributed by atoms with Crippen molar-refractivity contribution >= 4 is 32.2 Å². The Hall–Kier alpha value is -2.79. The van der Waals surface area contributed by atoms with Gasteiger partial charge < -0.3 is 14.8 Å². The minimum Gasteiger partial charge on any atom is -0.417 e. The molecule has 31 heavy (non-hydrogen) atoms. The number of fused-ring (bicyclic) bond motifs is 1. The average Bonchev–Trinajstić information content (AvgIpc) is 3.06. The molecule has 0 bridgehead atoms. The van der Waals surface area contributed by atoms with Crippen molar-refractivity contribution in [2.45, 2.75) is 43.4 Å². The minimum absolute atomic E-state index is 0.147. The van der Waals surface area contributed by atoms with Crippen LogP contribution in [0.4, 0.5) is 20.3 Å². The van der Waals surface area contributed by atoms with Gasteiger partial charge in [-0.05, 0) is 44.9 Å². The molecule has 1 fully saturated rings. The van der Waals surface area contributed by atoms with E-state index in [4.69, 9.17) is 4.74 Å². The van der Waals surface area contributed by atoms with E-state index < -0.39 is 21.7 Å². The van der Waals surface area contributed by atoms with Gasteiger partial charge in [-0.15, -0.1) is 0 Å². The third-order valence-electron chi connectivity index (χ3n) is 5.41.